The fourth-order valence-corrected chi connectivity index (χ4v) is 2.37. The number of fused-ring (bicyclic) bond motifs is 1. The van der Waals surface area contributed by atoms with Gasteiger partial charge in [-0.05, 0) is 39.0 Å². The van der Waals surface area contributed by atoms with Crippen molar-refractivity contribution in [3.8, 4) is 0 Å². The molecule has 2 unspecified atom stereocenters. The van der Waals surface area contributed by atoms with E-state index in [-0.39, 0.29) is 6.10 Å². The molecule has 0 spiro atoms. The van der Waals surface area contributed by atoms with Crippen molar-refractivity contribution in [2.45, 2.75) is 39.4 Å². The lowest BCUT2D eigenvalue weighted by Crippen LogP contribution is -2.22. The number of carbonyl (C=O) groups excluding carboxylic acids is 2. The Balaban J connectivity index is 1.85. The van der Waals surface area contributed by atoms with Gasteiger partial charge in [0, 0.05) is 6.42 Å². The van der Waals surface area contributed by atoms with Crippen LogP contribution in [-0.2, 0) is 14.3 Å². The molecule has 0 radical (unpaired) electrons. The van der Waals surface area contributed by atoms with Crippen molar-refractivity contribution in [1.29, 1.82) is 0 Å². The van der Waals surface area contributed by atoms with Crippen LogP contribution >= 0.6 is 0 Å². The summed E-state index contributed by atoms with van der Waals surface area (Å²) in [6, 6.07) is 4.97. The second-order valence-corrected chi connectivity index (χ2v) is 5.48. The second kappa shape index (κ2) is 5.36. The Kier molecular flexibility index (Phi) is 3.52. The van der Waals surface area contributed by atoms with Crippen molar-refractivity contribution in [3.63, 3.8) is 0 Å². The van der Waals surface area contributed by atoms with Gasteiger partial charge in [0.05, 0.1) is 28.0 Å². The number of ether oxygens (including phenoxy) is 2. The van der Waals surface area contributed by atoms with Crippen LogP contribution in [-0.4, -0.2) is 34.1 Å². The van der Waals surface area contributed by atoms with Gasteiger partial charge in [-0.3, -0.25) is 0 Å². The zero-order valence-corrected chi connectivity index (χ0v) is 12.6. The quantitative estimate of drug-likeness (QED) is 0.790. The number of aromatic nitrogens is 2. The van der Waals surface area contributed by atoms with Crippen LogP contribution in [0.25, 0.3) is 11.0 Å². The summed E-state index contributed by atoms with van der Waals surface area (Å²) in [4.78, 5) is 32.5. The average molecular weight is 300 g/mol. The van der Waals surface area contributed by atoms with Gasteiger partial charge in [-0.2, -0.15) is 0 Å². The fraction of sp³-hybridized carbons (Fsp3) is 0.375. The lowest BCUT2D eigenvalue weighted by atomic mass is 10.1. The van der Waals surface area contributed by atoms with Crippen LogP contribution in [0, 0.1) is 13.8 Å². The maximum absolute atomic E-state index is 12.2. The summed E-state index contributed by atoms with van der Waals surface area (Å²) in [5.41, 5.74) is 3.35. The minimum atomic E-state index is -0.830. The highest BCUT2D eigenvalue weighted by atomic mass is 16.6. The molecule has 2 aromatic rings. The van der Waals surface area contributed by atoms with Gasteiger partial charge in [-0.15, -0.1) is 0 Å². The van der Waals surface area contributed by atoms with Gasteiger partial charge in [0.25, 0.3) is 0 Å². The first-order chi connectivity index (χ1) is 10.4. The lowest BCUT2D eigenvalue weighted by Gasteiger charge is -2.09. The number of carbonyl (C=O) groups is 2. The fourth-order valence-electron chi connectivity index (χ4n) is 2.37. The molecule has 22 heavy (non-hydrogen) atoms. The van der Waals surface area contributed by atoms with E-state index in [9.17, 15) is 9.59 Å². The normalized spacial score (nSPS) is 21.0. The van der Waals surface area contributed by atoms with E-state index in [1.54, 1.807) is 25.1 Å². The summed E-state index contributed by atoms with van der Waals surface area (Å²) < 4.78 is 10.2. The monoisotopic (exact) mass is 300 g/mol. The third-order valence-electron chi connectivity index (χ3n) is 3.69. The van der Waals surface area contributed by atoms with E-state index in [2.05, 4.69) is 9.97 Å². The first-order valence-electron chi connectivity index (χ1n) is 7.10. The number of aryl methyl sites for hydroxylation is 2. The SMILES string of the molecule is Cc1nc2ccc(C(=O)OC3CC(C)OC3=O)cc2nc1C. The van der Waals surface area contributed by atoms with Gasteiger partial charge in [-0.25, -0.2) is 19.6 Å². The first kappa shape index (κ1) is 14.4. The highest BCUT2D eigenvalue weighted by Gasteiger charge is 2.35. The minimum Gasteiger partial charge on any atom is -0.460 e. The Labute approximate surface area is 127 Å². The highest BCUT2D eigenvalue weighted by Crippen LogP contribution is 2.20. The van der Waals surface area contributed by atoms with Gasteiger partial charge in [0.15, 0.2) is 0 Å². The Hall–Kier alpha value is -2.50. The largest absolute Gasteiger partial charge is 0.460 e. The molecule has 6 heteroatoms. The third-order valence-corrected chi connectivity index (χ3v) is 3.69. The summed E-state index contributed by atoms with van der Waals surface area (Å²) in [7, 11) is 0. The summed E-state index contributed by atoms with van der Waals surface area (Å²) >= 11 is 0. The van der Waals surface area contributed by atoms with Crippen LogP contribution in [0.15, 0.2) is 18.2 Å². The Morgan fingerprint density at radius 2 is 1.91 bits per heavy atom. The predicted octanol–water partition coefficient (Wildman–Crippen LogP) is 2.11. The highest BCUT2D eigenvalue weighted by molar-refractivity contribution is 5.95. The topological polar surface area (TPSA) is 78.4 Å². The van der Waals surface area contributed by atoms with Crippen LogP contribution in [0.2, 0.25) is 0 Å². The molecule has 1 aliphatic heterocycles. The summed E-state index contributed by atoms with van der Waals surface area (Å²) in [5.74, 6) is -1.05. The number of hydrogen-bond acceptors (Lipinski definition) is 6. The molecule has 1 saturated heterocycles. The second-order valence-electron chi connectivity index (χ2n) is 5.48. The Morgan fingerprint density at radius 1 is 1.23 bits per heavy atom. The van der Waals surface area contributed by atoms with Crippen LogP contribution < -0.4 is 0 Å². The molecule has 6 nitrogen and oxygen atoms in total. The van der Waals surface area contributed by atoms with E-state index < -0.39 is 18.0 Å². The third kappa shape index (κ3) is 2.64. The molecule has 1 fully saturated rings. The molecule has 0 aliphatic carbocycles. The van der Waals surface area contributed by atoms with E-state index in [0.717, 1.165) is 11.4 Å². The lowest BCUT2D eigenvalue weighted by molar-refractivity contribution is -0.147. The number of benzene rings is 1. The van der Waals surface area contributed by atoms with Crippen molar-refractivity contribution in [1.82, 2.24) is 9.97 Å². The maximum atomic E-state index is 12.2. The summed E-state index contributed by atoms with van der Waals surface area (Å²) in [6.45, 7) is 5.52. The zero-order valence-electron chi connectivity index (χ0n) is 12.6. The van der Waals surface area contributed by atoms with Gasteiger partial charge < -0.3 is 9.47 Å². The van der Waals surface area contributed by atoms with Crippen molar-refractivity contribution in [2.75, 3.05) is 0 Å². The smallest absolute Gasteiger partial charge is 0.347 e. The van der Waals surface area contributed by atoms with Crippen LogP contribution in [0.5, 0.6) is 0 Å². The van der Waals surface area contributed by atoms with Gasteiger partial charge in [0.2, 0.25) is 6.10 Å². The zero-order chi connectivity index (χ0) is 15.9. The number of rotatable bonds is 2. The summed E-state index contributed by atoms with van der Waals surface area (Å²) in [6.07, 6.45) is -0.668. The molecule has 1 aliphatic rings. The number of cyclic esters (lactones) is 1. The molecule has 2 heterocycles. The van der Waals surface area contributed by atoms with Gasteiger partial charge in [0.1, 0.15) is 6.10 Å². The van der Waals surface area contributed by atoms with Gasteiger partial charge >= 0.3 is 11.9 Å². The minimum absolute atomic E-state index is 0.224. The van der Waals surface area contributed by atoms with Crippen molar-refractivity contribution in [2.24, 2.45) is 0 Å². The number of nitrogens with zero attached hydrogens (tertiary/aromatic N) is 2. The maximum Gasteiger partial charge on any atom is 0.347 e. The van der Waals surface area contributed by atoms with E-state index >= 15 is 0 Å². The molecule has 3 rings (SSSR count). The standard InChI is InChI=1S/C16H16N2O4/c1-8-6-14(16(20)21-8)22-15(19)11-4-5-12-13(7-11)18-10(3)9(2)17-12/h4-5,7-8,14H,6H2,1-3H3. The van der Waals surface area contributed by atoms with Crippen LogP contribution in [0.1, 0.15) is 35.1 Å². The summed E-state index contributed by atoms with van der Waals surface area (Å²) in [5, 5.41) is 0. The van der Waals surface area contributed by atoms with Crippen molar-refractivity contribution >= 4 is 23.0 Å². The average Bonchev–Trinajstić information content (AvgIpc) is 2.77. The molecule has 2 atom stereocenters. The Morgan fingerprint density at radius 3 is 2.55 bits per heavy atom. The van der Waals surface area contributed by atoms with E-state index in [1.165, 1.54) is 0 Å². The molecule has 0 N–H and O–H groups in total. The Bertz CT molecular complexity index is 772. The predicted molar refractivity (Wildman–Crippen MR) is 78.4 cm³/mol. The van der Waals surface area contributed by atoms with Crippen molar-refractivity contribution < 1.29 is 19.1 Å². The molecule has 1 aromatic carbocycles. The molecular formula is C16H16N2O4. The first-order valence-corrected chi connectivity index (χ1v) is 7.10. The number of esters is 2. The molecular weight excluding hydrogens is 284 g/mol. The van der Waals surface area contributed by atoms with Gasteiger partial charge in [-0.1, -0.05) is 0 Å². The number of hydrogen-bond donors (Lipinski definition) is 0. The van der Waals surface area contributed by atoms with E-state index in [1.807, 2.05) is 13.8 Å². The van der Waals surface area contributed by atoms with Crippen LogP contribution in [0.3, 0.4) is 0 Å². The van der Waals surface area contributed by atoms with Crippen LogP contribution in [0.4, 0.5) is 0 Å². The molecule has 0 amide bonds. The van der Waals surface area contributed by atoms with E-state index in [0.29, 0.717) is 23.0 Å². The molecule has 114 valence electrons. The van der Waals surface area contributed by atoms with E-state index in [4.69, 9.17) is 9.47 Å². The molecule has 0 bridgehead atoms. The molecule has 0 saturated carbocycles. The molecule has 1 aromatic heterocycles. The van der Waals surface area contributed by atoms with Crippen molar-refractivity contribution in [3.05, 3.63) is 35.2 Å².